The second-order valence-corrected chi connectivity index (χ2v) is 5.39. The van der Waals surface area contributed by atoms with Crippen molar-refractivity contribution < 1.29 is 14.3 Å². The average Bonchev–Trinajstić information content (AvgIpc) is 2.51. The molecule has 1 atom stereocenters. The molecular weight excluding hydrogens is 325 g/mol. The van der Waals surface area contributed by atoms with E-state index in [9.17, 15) is 4.79 Å². The van der Waals surface area contributed by atoms with E-state index in [0.29, 0.717) is 21.5 Å². The largest absolute Gasteiger partial charge is 0.497 e. The molecule has 6 heteroatoms. The Morgan fingerprint density at radius 1 is 1.09 bits per heavy atom. The topological polar surface area (TPSA) is 47.6 Å². The first-order valence-electron chi connectivity index (χ1n) is 6.56. The van der Waals surface area contributed by atoms with Crippen LogP contribution in [0.5, 0.6) is 11.5 Å². The van der Waals surface area contributed by atoms with Gasteiger partial charge in [0.2, 0.25) is 0 Å². The molecule has 0 aliphatic heterocycles. The van der Waals surface area contributed by atoms with Crippen molar-refractivity contribution in [1.29, 1.82) is 0 Å². The number of carbonyl (C=O) groups is 1. The predicted molar refractivity (Wildman–Crippen MR) is 88.2 cm³/mol. The minimum atomic E-state index is -0.691. The van der Waals surface area contributed by atoms with Gasteiger partial charge < -0.3 is 14.8 Å². The zero-order valence-corrected chi connectivity index (χ0v) is 13.6. The summed E-state index contributed by atoms with van der Waals surface area (Å²) in [6, 6.07) is 11.8. The molecule has 22 heavy (non-hydrogen) atoms. The van der Waals surface area contributed by atoms with E-state index in [1.165, 1.54) is 0 Å². The Morgan fingerprint density at radius 2 is 1.73 bits per heavy atom. The van der Waals surface area contributed by atoms with E-state index in [1.807, 2.05) is 0 Å². The lowest BCUT2D eigenvalue weighted by Gasteiger charge is -2.15. The third-order valence-corrected chi connectivity index (χ3v) is 3.49. The van der Waals surface area contributed by atoms with Gasteiger partial charge in [-0.2, -0.15) is 0 Å². The molecular formula is C16H15Cl2NO3. The fourth-order valence-electron chi connectivity index (χ4n) is 1.74. The first kappa shape index (κ1) is 16.5. The van der Waals surface area contributed by atoms with Crippen molar-refractivity contribution in [3.05, 3.63) is 52.5 Å². The fraction of sp³-hybridized carbons (Fsp3) is 0.188. The molecule has 1 N–H and O–H groups in total. The molecule has 0 spiro atoms. The lowest BCUT2D eigenvalue weighted by atomic mass is 10.3. The van der Waals surface area contributed by atoms with Gasteiger partial charge >= 0.3 is 0 Å². The van der Waals surface area contributed by atoms with Crippen molar-refractivity contribution in [2.75, 3.05) is 12.4 Å². The van der Waals surface area contributed by atoms with Crippen molar-refractivity contribution >= 4 is 34.8 Å². The summed E-state index contributed by atoms with van der Waals surface area (Å²) < 4.78 is 10.6. The molecule has 2 aromatic rings. The van der Waals surface area contributed by atoms with Crippen LogP contribution in [0.1, 0.15) is 6.92 Å². The van der Waals surface area contributed by atoms with E-state index in [2.05, 4.69) is 5.32 Å². The van der Waals surface area contributed by atoms with Crippen LogP contribution in [-0.4, -0.2) is 19.1 Å². The van der Waals surface area contributed by atoms with Gasteiger partial charge in [0, 0.05) is 5.02 Å². The van der Waals surface area contributed by atoms with Crippen molar-refractivity contribution in [3.63, 3.8) is 0 Å². The maximum absolute atomic E-state index is 12.1. The molecule has 2 aromatic carbocycles. The number of anilines is 1. The number of hydrogen-bond donors (Lipinski definition) is 1. The fourth-order valence-corrected chi connectivity index (χ4v) is 2.08. The van der Waals surface area contributed by atoms with Crippen LogP contribution in [0.2, 0.25) is 10.0 Å². The lowest BCUT2D eigenvalue weighted by Crippen LogP contribution is -2.30. The maximum atomic E-state index is 12.1. The molecule has 2 rings (SSSR count). The number of amides is 1. The number of benzene rings is 2. The van der Waals surface area contributed by atoms with E-state index < -0.39 is 6.10 Å². The van der Waals surface area contributed by atoms with Crippen molar-refractivity contribution in [2.24, 2.45) is 0 Å². The smallest absolute Gasteiger partial charge is 0.265 e. The second kappa shape index (κ2) is 7.38. The van der Waals surface area contributed by atoms with Gasteiger partial charge in [0.05, 0.1) is 17.8 Å². The second-order valence-electron chi connectivity index (χ2n) is 4.55. The first-order chi connectivity index (χ1) is 10.5. The molecule has 0 aliphatic carbocycles. The lowest BCUT2D eigenvalue weighted by molar-refractivity contribution is -0.122. The zero-order valence-electron chi connectivity index (χ0n) is 12.1. The Bertz CT molecular complexity index is 659. The van der Waals surface area contributed by atoms with Crippen LogP contribution in [0.3, 0.4) is 0 Å². The molecule has 0 bridgehead atoms. The van der Waals surface area contributed by atoms with E-state index in [0.717, 1.165) is 5.75 Å². The van der Waals surface area contributed by atoms with E-state index in [1.54, 1.807) is 56.5 Å². The Morgan fingerprint density at radius 3 is 2.36 bits per heavy atom. The summed E-state index contributed by atoms with van der Waals surface area (Å²) in [6.45, 7) is 1.65. The number of carbonyl (C=O) groups excluding carboxylic acids is 1. The van der Waals surface area contributed by atoms with Gasteiger partial charge in [-0.05, 0) is 49.4 Å². The Kier molecular flexibility index (Phi) is 5.52. The molecule has 1 amide bonds. The third-order valence-electron chi connectivity index (χ3n) is 2.93. The summed E-state index contributed by atoms with van der Waals surface area (Å²) in [6.07, 6.45) is -0.691. The van der Waals surface area contributed by atoms with Gasteiger partial charge in [-0.25, -0.2) is 0 Å². The number of ether oxygens (including phenoxy) is 2. The summed E-state index contributed by atoms with van der Waals surface area (Å²) in [5, 5.41) is 3.59. The van der Waals surface area contributed by atoms with Gasteiger partial charge in [0.25, 0.3) is 5.91 Å². The van der Waals surface area contributed by atoms with Gasteiger partial charge in [0.1, 0.15) is 11.5 Å². The minimum Gasteiger partial charge on any atom is -0.497 e. The van der Waals surface area contributed by atoms with E-state index >= 15 is 0 Å². The van der Waals surface area contributed by atoms with Gasteiger partial charge in [-0.15, -0.1) is 0 Å². The highest BCUT2D eigenvalue weighted by Crippen LogP contribution is 2.26. The molecule has 0 saturated heterocycles. The van der Waals surface area contributed by atoms with Gasteiger partial charge in [-0.3, -0.25) is 4.79 Å². The first-order valence-corrected chi connectivity index (χ1v) is 7.32. The number of rotatable bonds is 5. The van der Waals surface area contributed by atoms with Crippen LogP contribution in [0.4, 0.5) is 5.69 Å². The molecule has 116 valence electrons. The summed E-state index contributed by atoms with van der Waals surface area (Å²) >= 11 is 11.9. The number of methoxy groups -OCH3 is 1. The van der Waals surface area contributed by atoms with Gasteiger partial charge in [-0.1, -0.05) is 23.2 Å². The Hall–Kier alpha value is -1.91. The summed E-state index contributed by atoms with van der Waals surface area (Å²) in [7, 11) is 1.58. The molecule has 0 saturated carbocycles. The molecule has 0 unspecified atom stereocenters. The van der Waals surface area contributed by atoms with E-state index in [4.69, 9.17) is 32.7 Å². The quantitative estimate of drug-likeness (QED) is 0.877. The van der Waals surface area contributed by atoms with Crippen LogP contribution in [0.25, 0.3) is 0 Å². The highest BCUT2D eigenvalue weighted by Gasteiger charge is 2.16. The Balaban J connectivity index is 2.00. The zero-order chi connectivity index (χ0) is 16.1. The number of nitrogens with one attached hydrogen (secondary N) is 1. The molecule has 4 nitrogen and oxygen atoms in total. The highest BCUT2D eigenvalue weighted by molar-refractivity contribution is 6.35. The number of halogens is 2. The molecule has 0 aliphatic rings. The van der Waals surface area contributed by atoms with Crippen LogP contribution >= 0.6 is 23.2 Å². The molecule has 0 heterocycles. The monoisotopic (exact) mass is 339 g/mol. The van der Waals surface area contributed by atoms with Crippen LogP contribution in [0, 0.1) is 0 Å². The summed E-state index contributed by atoms with van der Waals surface area (Å²) in [5.74, 6) is 0.968. The maximum Gasteiger partial charge on any atom is 0.265 e. The third kappa shape index (κ3) is 4.29. The van der Waals surface area contributed by atoms with Crippen molar-refractivity contribution in [1.82, 2.24) is 0 Å². The summed E-state index contributed by atoms with van der Waals surface area (Å²) in [4.78, 5) is 12.1. The molecule has 0 fully saturated rings. The van der Waals surface area contributed by atoms with E-state index in [-0.39, 0.29) is 5.91 Å². The highest BCUT2D eigenvalue weighted by atomic mass is 35.5. The van der Waals surface area contributed by atoms with Crippen LogP contribution in [0.15, 0.2) is 42.5 Å². The standard InChI is InChI=1S/C16H15Cl2NO3/c1-10(22-13-6-4-12(21-2)5-7-13)16(20)19-15-9-11(17)3-8-14(15)18/h3-10H,1-2H3,(H,19,20)/t10-/m0/s1. The summed E-state index contributed by atoms with van der Waals surface area (Å²) in [5.41, 5.74) is 0.448. The van der Waals surface area contributed by atoms with Crippen molar-refractivity contribution in [2.45, 2.75) is 13.0 Å². The van der Waals surface area contributed by atoms with Crippen LogP contribution < -0.4 is 14.8 Å². The SMILES string of the molecule is COc1ccc(O[C@@H](C)C(=O)Nc2cc(Cl)ccc2Cl)cc1. The minimum absolute atomic E-state index is 0.319. The predicted octanol–water partition coefficient (Wildman–Crippen LogP) is 4.41. The number of hydrogen-bond acceptors (Lipinski definition) is 3. The molecule has 0 aromatic heterocycles. The normalized spacial score (nSPS) is 11.6. The average molecular weight is 340 g/mol. The van der Waals surface area contributed by atoms with Gasteiger partial charge in [0.15, 0.2) is 6.10 Å². The Labute approximate surface area is 138 Å². The van der Waals surface area contributed by atoms with Crippen molar-refractivity contribution in [3.8, 4) is 11.5 Å². The van der Waals surface area contributed by atoms with Crippen LogP contribution in [-0.2, 0) is 4.79 Å². The molecule has 0 radical (unpaired) electrons.